The first kappa shape index (κ1) is 12.4. The van der Waals surface area contributed by atoms with Crippen LogP contribution < -0.4 is 4.74 Å². The van der Waals surface area contributed by atoms with Crippen molar-refractivity contribution in [1.29, 1.82) is 0 Å². The van der Waals surface area contributed by atoms with Gasteiger partial charge in [0.05, 0.1) is 7.11 Å². The van der Waals surface area contributed by atoms with Gasteiger partial charge >= 0.3 is 0 Å². The molecular weight excluding hydrogens is 224 g/mol. The molecule has 0 heterocycles. The first-order valence-electron chi connectivity index (χ1n) is 6.02. The SMILES string of the molecule is CCC(=O)c1ccc(-c2ccc(OC)cc2)cc1. The van der Waals surface area contributed by atoms with E-state index in [2.05, 4.69) is 0 Å². The van der Waals surface area contributed by atoms with E-state index in [0.717, 1.165) is 22.4 Å². The van der Waals surface area contributed by atoms with Crippen molar-refractivity contribution in [1.82, 2.24) is 0 Å². The molecule has 0 atom stereocenters. The van der Waals surface area contributed by atoms with Gasteiger partial charge in [-0.1, -0.05) is 43.3 Å². The number of hydrogen-bond acceptors (Lipinski definition) is 2. The van der Waals surface area contributed by atoms with Crippen LogP contribution in [0.2, 0.25) is 0 Å². The second-order valence-corrected chi connectivity index (χ2v) is 4.08. The van der Waals surface area contributed by atoms with Crippen LogP contribution in [0.4, 0.5) is 0 Å². The van der Waals surface area contributed by atoms with E-state index in [1.54, 1.807) is 7.11 Å². The number of hydrogen-bond donors (Lipinski definition) is 0. The van der Waals surface area contributed by atoms with Gasteiger partial charge in [0.2, 0.25) is 0 Å². The Morgan fingerprint density at radius 3 is 1.89 bits per heavy atom. The van der Waals surface area contributed by atoms with Crippen LogP contribution in [0.5, 0.6) is 5.75 Å². The lowest BCUT2D eigenvalue weighted by atomic mass is 10.0. The van der Waals surface area contributed by atoms with Crippen molar-refractivity contribution >= 4 is 5.78 Å². The summed E-state index contributed by atoms with van der Waals surface area (Å²) < 4.78 is 5.13. The Hall–Kier alpha value is -2.09. The predicted molar refractivity (Wildman–Crippen MR) is 73.1 cm³/mol. The van der Waals surface area contributed by atoms with Crippen LogP contribution in [0, 0.1) is 0 Å². The van der Waals surface area contributed by atoms with Crippen LogP contribution >= 0.6 is 0 Å². The first-order chi connectivity index (χ1) is 8.74. The molecule has 0 amide bonds. The van der Waals surface area contributed by atoms with Gasteiger partial charge in [-0.05, 0) is 23.3 Å². The Balaban J connectivity index is 2.25. The monoisotopic (exact) mass is 240 g/mol. The average Bonchev–Trinajstić information content (AvgIpc) is 2.47. The fourth-order valence-electron chi connectivity index (χ4n) is 1.84. The van der Waals surface area contributed by atoms with Crippen LogP contribution in [0.25, 0.3) is 11.1 Å². The highest BCUT2D eigenvalue weighted by Gasteiger charge is 2.03. The highest BCUT2D eigenvalue weighted by molar-refractivity contribution is 5.96. The molecule has 92 valence electrons. The summed E-state index contributed by atoms with van der Waals surface area (Å²) in [5, 5.41) is 0. The van der Waals surface area contributed by atoms with E-state index in [1.807, 2.05) is 55.5 Å². The lowest BCUT2D eigenvalue weighted by Crippen LogP contribution is -1.95. The van der Waals surface area contributed by atoms with Crippen molar-refractivity contribution < 1.29 is 9.53 Å². The van der Waals surface area contributed by atoms with Gasteiger partial charge in [-0.15, -0.1) is 0 Å². The summed E-state index contributed by atoms with van der Waals surface area (Å²) in [7, 11) is 1.65. The number of benzene rings is 2. The molecule has 0 radical (unpaired) electrons. The van der Waals surface area contributed by atoms with Crippen LogP contribution in [-0.2, 0) is 0 Å². The van der Waals surface area contributed by atoms with Gasteiger partial charge < -0.3 is 4.74 Å². The molecule has 2 heteroatoms. The molecule has 0 unspecified atom stereocenters. The third kappa shape index (κ3) is 2.59. The lowest BCUT2D eigenvalue weighted by Gasteiger charge is -2.05. The van der Waals surface area contributed by atoms with Crippen molar-refractivity contribution in [2.24, 2.45) is 0 Å². The number of carbonyl (C=O) groups excluding carboxylic acids is 1. The molecule has 18 heavy (non-hydrogen) atoms. The Bertz CT molecular complexity index is 524. The molecule has 0 spiro atoms. The summed E-state index contributed by atoms with van der Waals surface area (Å²) in [4.78, 5) is 11.5. The zero-order valence-electron chi connectivity index (χ0n) is 10.6. The van der Waals surface area contributed by atoms with Crippen molar-refractivity contribution in [3.8, 4) is 16.9 Å². The number of Topliss-reactive ketones (excluding diaryl/α,β-unsaturated/α-hetero) is 1. The Labute approximate surface area is 107 Å². The Morgan fingerprint density at radius 2 is 1.44 bits per heavy atom. The van der Waals surface area contributed by atoms with Gasteiger partial charge in [0.1, 0.15) is 5.75 Å². The molecule has 0 aliphatic carbocycles. The molecule has 0 bridgehead atoms. The molecule has 0 N–H and O–H groups in total. The molecule has 2 aromatic rings. The van der Waals surface area contributed by atoms with Gasteiger partial charge in [-0.2, -0.15) is 0 Å². The predicted octanol–water partition coefficient (Wildman–Crippen LogP) is 3.95. The first-order valence-corrected chi connectivity index (χ1v) is 6.02. The number of carbonyl (C=O) groups is 1. The average molecular weight is 240 g/mol. The van der Waals surface area contributed by atoms with Gasteiger partial charge in [-0.3, -0.25) is 4.79 Å². The van der Waals surface area contributed by atoms with Crippen LogP contribution in [0.15, 0.2) is 48.5 Å². The second kappa shape index (κ2) is 5.50. The van der Waals surface area contributed by atoms with Crippen LogP contribution in [0.3, 0.4) is 0 Å². The largest absolute Gasteiger partial charge is 0.497 e. The molecule has 0 aliphatic rings. The maximum atomic E-state index is 11.5. The standard InChI is InChI=1S/C16H16O2/c1-3-16(17)14-6-4-12(5-7-14)13-8-10-15(18-2)11-9-13/h4-11H,3H2,1-2H3. The van der Waals surface area contributed by atoms with Crippen molar-refractivity contribution in [2.45, 2.75) is 13.3 Å². The van der Waals surface area contributed by atoms with E-state index < -0.39 is 0 Å². The van der Waals surface area contributed by atoms with E-state index in [-0.39, 0.29) is 5.78 Å². The fraction of sp³-hybridized carbons (Fsp3) is 0.188. The Kier molecular flexibility index (Phi) is 3.78. The fourth-order valence-corrected chi connectivity index (χ4v) is 1.84. The summed E-state index contributed by atoms with van der Waals surface area (Å²) in [5.41, 5.74) is 2.99. The minimum Gasteiger partial charge on any atom is -0.497 e. The number of methoxy groups -OCH3 is 1. The third-order valence-corrected chi connectivity index (χ3v) is 2.95. The van der Waals surface area contributed by atoms with E-state index in [1.165, 1.54) is 0 Å². The summed E-state index contributed by atoms with van der Waals surface area (Å²) in [6.45, 7) is 1.87. The summed E-state index contributed by atoms with van der Waals surface area (Å²) >= 11 is 0. The van der Waals surface area contributed by atoms with E-state index in [4.69, 9.17) is 4.74 Å². The minimum absolute atomic E-state index is 0.177. The summed E-state index contributed by atoms with van der Waals surface area (Å²) in [6, 6.07) is 15.6. The Morgan fingerprint density at radius 1 is 0.944 bits per heavy atom. The number of ketones is 1. The van der Waals surface area contributed by atoms with Crippen molar-refractivity contribution in [3.05, 3.63) is 54.1 Å². The molecule has 2 rings (SSSR count). The highest BCUT2D eigenvalue weighted by Crippen LogP contribution is 2.22. The highest BCUT2D eigenvalue weighted by atomic mass is 16.5. The molecule has 2 aromatic carbocycles. The maximum absolute atomic E-state index is 11.5. The summed E-state index contributed by atoms with van der Waals surface area (Å²) in [6.07, 6.45) is 0.544. The molecular formula is C16H16O2. The van der Waals surface area contributed by atoms with Crippen molar-refractivity contribution in [2.75, 3.05) is 7.11 Å². The van der Waals surface area contributed by atoms with E-state index >= 15 is 0 Å². The molecule has 0 saturated carbocycles. The smallest absolute Gasteiger partial charge is 0.162 e. The minimum atomic E-state index is 0.177. The van der Waals surface area contributed by atoms with Gasteiger partial charge in [0.15, 0.2) is 5.78 Å². The third-order valence-electron chi connectivity index (χ3n) is 2.95. The molecule has 2 nitrogen and oxygen atoms in total. The maximum Gasteiger partial charge on any atom is 0.162 e. The summed E-state index contributed by atoms with van der Waals surface area (Å²) in [5.74, 6) is 1.02. The molecule has 0 saturated heterocycles. The lowest BCUT2D eigenvalue weighted by molar-refractivity contribution is 0.0988. The normalized spacial score (nSPS) is 10.1. The zero-order valence-corrected chi connectivity index (χ0v) is 10.6. The quantitative estimate of drug-likeness (QED) is 0.756. The van der Waals surface area contributed by atoms with Gasteiger partial charge in [0, 0.05) is 12.0 Å². The second-order valence-electron chi connectivity index (χ2n) is 4.08. The van der Waals surface area contributed by atoms with E-state index in [9.17, 15) is 4.79 Å². The molecule has 0 aromatic heterocycles. The van der Waals surface area contributed by atoms with E-state index in [0.29, 0.717) is 6.42 Å². The van der Waals surface area contributed by atoms with Crippen LogP contribution in [0.1, 0.15) is 23.7 Å². The number of rotatable bonds is 4. The van der Waals surface area contributed by atoms with Gasteiger partial charge in [-0.25, -0.2) is 0 Å². The topological polar surface area (TPSA) is 26.3 Å². The van der Waals surface area contributed by atoms with Crippen LogP contribution in [-0.4, -0.2) is 12.9 Å². The van der Waals surface area contributed by atoms with Gasteiger partial charge in [0.25, 0.3) is 0 Å². The molecule has 0 aliphatic heterocycles. The zero-order chi connectivity index (χ0) is 13.0. The molecule has 0 fully saturated rings. The number of ether oxygens (including phenoxy) is 1. The van der Waals surface area contributed by atoms with Crippen molar-refractivity contribution in [3.63, 3.8) is 0 Å².